The third-order valence-corrected chi connectivity index (χ3v) is 3.33. The predicted octanol–water partition coefficient (Wildman–Crippen LogP) is 4.68. The van der Waals surface area contributed by atoms with Crippen LogP contribution in [-0.4, -0.2) is 9.97 Å². The molecule has 0 atom stereocenters. The summed E-state index contributed by atoms with van der Waals surface area (Å²) in [5.41, 5.74) is 0.691. The lowest BCUT2D eigenvalue weighted by Crippen LogP contribution is -1.97. The minimum absolute atomic E-state index is 0.0458. The highest BCUT2D eigenvalue weighted by atomic mass is 35.5. The van der Waals surface area contributed by atoms with Crippen LogP contribution in [0.5, 0.6) is 0 Å². The minimum atomic E-state index is -0.872. The summed E-state index contributed by atoms with van der Waals surface area (Å²) in [5, 5.41) is -0.0844. The van der Waals surface area contributed by atoms with E-state index in [0.29, 0.717) is 6.07 Å². The van der Waals surface area contributed by atoms with E-state index in [1.807, 2.05) is 0 Å². The van der Waals surface area contributed by atoms with Crippen molar-refractivity contribution < 1.29 is 13.2 Å². The zero-order valence-corrected chi connectivity index (χ0v) is 11.5. The molecule has 0 fully saturated rings. The number of halogens is 4. The van der Waals surface area contributed by atoms with Gasteiger partial charge in [-0.2, -0.15) is 0 Å². The fraction of sp³-hybridized carbons (Fsp3) is 0.0667. The van der Waals surface area contributed by atoms with Gasteiger partial charge in [0, 0.05) is 11.5 Å². The molecule has 0 N–H and O–H groups in total. The molecule has 0 aliphatic rings. The molecule has 0 aliphatic heterocycles. The topological polar surface area (TPSA) is 25.8 Å². The van der Waals surface area contributed by atoms with Crippen LogP contribution in [0.25, 0.3) is 22.3 Å². The predicted molar refractivity (Wildman–Crippen MR) is 74.6 cm³/mol. The summed E-state index contributed by atoms with van der Waals surface area (Å²) in [7, 11) is 0. The Labute approximate surface area is 123 Å². The number of fused-ring (bicyclic) bond motifs is 1. The van der Waals surface area contributed by atoms with Crippen LogP contribution in [0.1, 0.15) is 5.56 Å². The Morgan fingerprint density at radius 2 is 1.71 bits per heavy atom. The molecule has 1 aromatic heterocycles. The first-order valence-electron chi connectivity index (χ1n) is 6.04. The van der Waals surface area contributed by atoms with Gasteiger partial charge in [0.05, 0.1) is 5.56 Å². The Hall–Kier alpha value is -2.14. The molecule has 0 bridgehead atoms. The number of nitrogens with zero attached hydrogens (tertiary/aromatic N) is 2. The van der Waals surface area contributed by atoms with Crippen LogP contribution < -0.4 is 0 Å². The molecule has 0 saturated carbocycles. The monoisotopic (exact) mass is 308 g/mol. The normalized spacial score (nSPS) is 11.1. The second-order valence-electron chi connectivity index (χ2n) is 4.61. The van der Waals surface area contributed by atoms with Crippen LogP contribution in [-0.2, 0) is 0 Å². The van der Waals surface area contributed by atoms with Crippen LogP contribution in [0, 0.1) is 24.4 Å². The zero-order chi connectivity index (χ0) is 15.1. The molecule has 0 unspecified atom stereocenters. The Morgan fingerprint density at radius 1 is 0.952 bits per heavy atom. The van der Waals surface area contributed by atoms with Crippen LogP contribution in [0.4, 0.5) is 13.2 Å². The van der Waals surface area contributed by atoms with Crippen molar-refractivity contribution in [3.63, 3.8) is 0 Å². The summed E-state index contributed by atoms with van der Waals surface area (Å²) in [6.07, 6.45) is 0. The molecule has 0 spiro atoms. The van der Waals surface area contributed by atoms with Gasteiger partial charge in [-0.05, 0) is 30.7 Å². The Balaban J connectivity index is 2.30. The fourth-order valence-electron chi connectivity index (χ4n) is 2.04. The van der Waals surface area contributed by atoms with Crippen molar-refractivity contribution in [1.82, 2.24) is 9.97 Å². The summed E-state index contributed by atoms with van der Waals surface area (Å²) in [6, 6.07) is 6.22. The Bertz CT molecular complexity index is 865. The van der Waals surface area contributed by atoms with Crippen molar-refractivity contribution in [2.45, 2.75) is 6.92 Å². The first-order valence-corrected chi connectivity index (χ1v) is 6.42. The van der Waals surface area contributed by atoms with E-state index in [0.717, 1.165) is 11.6 Å². The van der Waals surface area contributed by atoms with Crippen LogP contribution in [0.3, 0.4) is 0 Å². The van der Waals surface area contributed by atoms with Gasteiger partial charge in [-0.15, -0.1) is 0 Å². The molecule has 6 heteroatoms. The van der Waals surface area contributed by atoms with Crippen molar-refractivity contribution in [3.8, 4) is 11.4 Å². The second-order valence-corrected chi connectivity index (χ2v) is 4.96. The van der Waals surface area contributed by atoms with E-state index in [2.05, 4.69) is 9.97 Å². The molecule has 2 nitrogen and oxygen atoms in total. The highest BCUT2D eigenvalue weighted by Gasteiger charge is 2.15. The molecule has 3 rings (SSSR count). The average Bonchev–Trinajstić information content (AvgIpc) is 2.40. The van der Waals surface area contributed by atoms with Crippen molar-refractivity contribution in [1.29, 1.82) is 0 Å². The van der Waals surface area contributed by atoms with E-state index in [4.69, 9.17) is 11.6 Å². The van der Waals surface area contributed by atoms with Crippen LogP contribution in [0.15, 0.2) is 30.3 Å². The van der Waals surface area contributed by atoms with E-state index in [-0.39, 0.29) is 27.4 Å². The Morgan fingerprint density at radius 3 is 2.43 bits per heavy atom. The zero-order valence-electron chi connectivity index (χ0n) is 10.8. The maximum absolute atomic E-state index is 14.0. The lowest BCUT2D eigenvalue weighted by Gasteiger charge is -2.07. The Kier molecular flexibility index (Phi) is 3.29. The molecule has 3 aromatic rings. The number of rotatable bonds is 1. The molecule has 0 saturated heterocycles. The van der Waals surface area contributed by atoms with Gasteiger partial charge < -0.3 is 0 Å². The summed E-state index contributed by atoms with van der Waals surface area (Å²) in [5.74, 6) is -2.23. The molecule has 21 heavy (non-hydrogen) atoms. The first-order chi connectivity index (χ1) is 9.95. The lowest BCUT2D eigenvalue weighted by molar-refractivity contribution is 0.590. The summed E-state index contributed by atoms with van der Waals surface area (Å²) in [4.78, 5) is 7.89. The third-order valence-electron chi connectivity index (χ3n) is 3.04. The minimum Gasteiger partial charge on any atom is -0.225 e. The van der Waals surface area contributed by atoms with Crippen molar-refractivity contribution in [2.75, 3.05) is 0 Å². The molecular weight excluding hydrogens is 301 g/mol. The van der Waals surface area contributed by atoms with Crippen molar-refractivity contribution in [2.24, 2.45) is 0 Å². The van der Waals surface area contributed by atoms with E-state index in [9.17, 15) is 13.2 Å². The van der Waals surface area contributed by atoms with Crippen LogP contribution in [0.2, 0.25) is 5.15 Å². The quantitative estimate of drug-likeness (QED) is 0.610. The number of aromatic nitrogens is 2. The number of benzene rings is 2. The van der Waals surface area contributed by atoms with Gasteiger partial charge in [0.25, 0.3) is 0 Å². The number of aryl methyl sites for hydroxylation is 1. The largest absolute Gasteiger partial charge is 0.225 e. The van der Waals surface area contributed by atoms with Crippen molar-refractivity contribution in [3.05, 3.63) is 58.5 Å². The summed E-state index contributed by atoms with van der Waals surface area (Å²) < 4.78 is 41.0. The third kappa shape index (κ3) is 2.45. The lowest BCUT2D eigenvalue weighted by atomic mass is 10.1. The van der Waals surface area contributed by atoms with E-state index < -0.39 is 17.5 Å². The molecule has 1 heterocycles. The van der Waals surface area contributed by atoms with Gasteiger partial charge in [-0.25, -0.2) is 23.1 Å². The van der Waals surface area contributed by atoms with Gasteiger partial charge >= 0.3 is 0 Å². The van der Waals surface area contributed by atoms with Gasteiger partial charge in [-0.1, -0.05) is 17.7 Å². The van der Waals surface area contributed by atoms with Gasteiger partial charge in [-0.3, -0.25) is 0 Å². The maximum atomic E-state index is 14.0. The smallest absolute Gasteiger partial charge is 0.164 e. The SMILES string of the molecule is Cc1ccc(-c2nc(Cl)c3cc(F)cc(F)c3n2)c(F)c1. The molecule has 0 amide bonds. The summed E-state index contributed by atoms with van der Waals surface area (Å²) in [6.45, 7) is 1.74. The number of hydrogen-bond acceptors (Lipinski definition) is 2. The van der Waals surface area contributed by atoms with Gasteiger partial charge in [0.2, 0.25) is 0 Å². The maximum Gasteiger partial charge on any atom is 0.164 e. The average molecular weight is 309 g/mol. The van der Waals surface area contributed by atoms with Crippen LogP contribution >= 0.6 is 11.6 Å². The molecule has 0 aliphatic carbocycles. The molecule has 106 valence electrons. The van der Waals surface area contributed by atoms with E-state index in [1.54, 1.807) is 13.0 Å². The van der Waals surface area contributed by atoms with E-state index >= 15 is 0 Å². The van der Waals surface area contributed by atoms with E-state index in [1.165, 1.54) is 12.1 Å². The number of hydrogen-bond donors (Lipinski definition) is 0. The standard InChI is InChI=1S/C15H8ClF3N2/c1-7-2-3-9(11(18)4-7)15-20-13-10(14(16)21-15)5-8(17)6-12(13)19/h2-6H,1H3. The molecule has 0 radical (unpaired) electrons. The first kappa shape index (κ1) is 13.8. The van der Waals surface area contributed by atoms with Crippen molar-refractivity contribution >= 4 is 22.5 Å². The highest BCUT2D eigenvalue weighted by Crippen LogP contribution is 2.28. The second kappa shape index (κ2) is 5.00. The van der Waals surface area contributed by atoms with Gasteiger partial charge in [0.1, 0.15) is 22.3 Å². The fourth-order valence-corrected chi connectivity index (χ4v) is 2.27. The molecule has 2 aromatic carbocycles. The molecular formula is C15H8ClF3N2. The summed E-state index contributed by atoms with van der Waals surface area (Å²) >= 11 is 5.93. The highest BCUT2D eigenvalue weighted by molar-refractivity contribution is 6.34. The van der Waals surface area contributed by atoms with Gasteiger partial charge in [0.15, 0.2) is 11.6 Å².